The van der Waals surface area contributed by atoms with E-state index in [0.29, 0.717) is 0 Å². The van der Waals surface area contributed by atoms with Crippen molar-refractivity contribution in [2.75, 3.05) is 18.0 Å². The van der Waals surface area contributed by atoms with Crippen molar-refractivity contribution in [2.45, 2.75) is 43.9 Å². The minimum absolute atomic E-state index is 0.197. The van der Waals surface area contributed by atoms with Crippen LogP contribution in [0.25, 0.3) is 0 Å². The molecule has 20 heavy (non-hydrogen) atoms. The van der Waals surface area contributed by atoms with Crippen LogP contribution in [0.4, 0.5) is 18.9 Å². The summed E-state index contributed by atoms with van der Waals surface area (Å²) in [5, 5.41) is 2.74. The number of hydrogen-bond donors (Lipinski definition) is 1. The Bertz CT molecular complexity index is 474. The molecule has 0 atom stereocenters. The van der Waals surface area contributed by atoms with Crippen LogP contribution in [-0.2, 0) is 6.54 Å². The third-order valence-corrected chi connectivity index (χ3v) is 4.35. The van der Waals surface area contributed by atoms with E-state index < -0.39 is 11.7 Å². The molecule has 1 aromatic rings. The van der Waals surface area contributed by atoms with Crippen molar-refractivity contribution in [1.82, 2.24) is 5.32 Å². The predicted octanol–water partition coefficient (Wildman–Crippen LogP) is 3.47. The van der Waals surface area contributed by atoms with Gasteiger partial charge in [-0.05, 0) is 37.3 Å². The molecular formula is C15H19F3N2. The Kier molecular flexibility index (Phi) is 3.40. The lowest BCUT2D eigenvalue weighted by Gasteiger charge is -2.24. The first-order valence-electron chi connectivity index (χ1n) is 7.16. The van der Waals surface area contributed by atoms with E-state index in [4.69, 9.17) is 0 Å². The van der Waals surface area contributed by atoms with Crippen molar-refractivity contribution in [3.63, 3.8) is 0 Å². The largest absolute Gasteiger partial charge is 0.406 e. The maximum Gasteiger partial charge on any atom is 0.406 e. The lowest BCUT2D eigenvalue weighted by molar-refractivity contribution is -0.166. The van der Waals surface area contributed by atoms with Crippen LogP contribution in [0.15, 0.2) is 24.3 Å². The Morgan fingerprint density at radius 2 is 1.75 bits per heavy atom. The van der Waals surface area contributed by atoms with Crippen molar-refractivity contribution in [2.24, 2.45) is 0 Å². The number of benzene rings is 1. The first-order chi connectivity index (χ1) is 9.52. The molecule has 0 bridgehead atoms. The summed E-state index contributed by atoms with van der Waals surface area (Å²) in [5.41, 5.74) is 0.408. The Balaban J connectivity index is 1.72. The van der Waals surface area contributed by atoms with Gasteiger partial charge < -0.3 is 4.90 Å². The maximum atomic E-state index is 12.9. The normalized spacial score (nSPS) is 21.2. The molecule has 0 amide bonds. The van der Waals surface area contributed by atoms with Crippen LogP contribution in [0.2, 0.25) is 0 Å². The van der Waals surface area contributed by atoms with Crippen LogP contribution >= 0.6 is 0 Å². The summed E-state index contributed by atoms with van der Waals surface area (Å²) in [6, 6.07) is 7.78. The van der Waals surface area contributed by atoms with Crippen molar-refractivity contribution in [3.8, 4) is 0 Å². The molecule has 5 heteroatoms. The average molecular weight is 284 g/mol. The molecule has 1 saturated heterocycles. The third kappa shape index (κ3) is 2.51. The van der Waals surface area contributed by atoms with Crippen LogP contribution < -0.4 is 10.2 Å². The Morgan fingerprint density at radius 3 is 2.35 bits per heavy atom. The molecule has 1 saturated carbocycles. The molecule has 1 aliphatic heterocycles. The van der Waals surface area contributed by atoms with Crippen molar-refractivity contribution in [3.05, 3.63) is 29.8 Å². The zero-order valence-electron chi connectivity index (χ0n) is 11.3. The number of alkyl halides is 3. The second kappa shape index (κ2) is 4.95. The van der Waals surface area contributed by atoms with Crippen molar-refractivity contribution in [1.29, 1.82) is 0 Å². The number of para-hydroxylation sites is 1. The van der Waals surface area contributed by atoms with Crippen LogP contribution in [0.1, 0.15) is 31.2 Å². The van der Waals surface area contributed by atoms with Gasteiger partial charge in [0, 0.05) is 25.3 Å². The van der Waals surface area contributed by atoms with E-state index in [9.17, 15) is 13.2 Å². The lowest BCUT2D eigenvalue weighted by atomic mass is 10.1. The Hall–Kier alpha value is -1.23. The van der Waals surface area contributed by atoms with Gasteiger partial charge in [-0.25, -0.2) is 0 Å². The number of halogens is 3. The number of hydrogen-bond acceptors (Lipinski definition) is 2. The smallest absolute Gasteiger partial charge is 0.371 e. The van der Waals surface area contributed by atoms with Gasteiger partial charge in [0.05, 0.1) is 0 Å². The molecule has 1 aromatic carbocycles. The highest BCUT2D eigenvalue weighted by Crippen LogP contribution is 2.49. The van der Waals surface area contributed by atoms with Gasteiger partial charge in [-0.15, -0.1) is 0 Å². The van der Waals surface area contributed by atoms with E-state index in [1.165, 1.54) is 0 Å². The summed E-state index contributed by atoms with van der Waals surface area (Å²) in [5.74, 6) is 0. The quantitative estimate of drug-likeness (QED) is 0.910. The third-order valence-electron chi connectivity index (χ3n) is 4.35. The number of nitrogens with one attached hydrogen (secondary N) is 1. The van der Waals surface area contributed by atoms with E-state index >= 15 is 0 Å². The SMILES string of the molecule is FC(F)(F)C1(NCc2ccccc2N2CCCC2)CC1. The summed E-state index contributed by atoms with van der Waals surface area (Å²) in [6.07, 6.45) is -1.43. The fraction of sp³-hybridized carbons (Fsp3) is 0.600. The summed E-state index contributed by atoms with van der Waals surface area (Å²) in [4.78, 5) is 2.27. The van der Waals surface area contributed by atoms with Gasteiger partial charge >= 0.3 is 6.18 Å². The van der Waals surface area contributed by atoms with Crippen LogP contribution in [0.5, 0.6) is 0 Å². The molecule has 0 spiro atoms. The molecule has 0 aromatic heterocycles. The van der Waals surface area contributed by atoms with E-state index in [-0.39, 0.29) is 19.4 Å². The molecule has 1 N–H and O–H groups in total. The van der Waals surface area contributed by atoms with Gasteiger partial charge in [0.1, 0.15) is 5.54 Å². The highest BCUT2D eigenvalue weighted by molar-refractivity contribution is 5.54. The number of anilines is 1. The summed E-state index contributed by atoms with van der Waals surface area (Å²) in [7, 11) is 0. The zero-order valence-corrected chi connectivity index (χ0v) is 11.3. The number of rotatable bonds is 4. The molecule has 3 rings (SSSR count). The van der Waals surface area contributed by atoms with Gasteiger partial charge in [-0.1, -0.05) is 18.2 Å². The Morgan fingerprint density at radius 1 is 1.10 bits per heavy atom. The van der Waals surface area contributed by atoms with Gasteiger partial charge in [-0.3, -0.25) is 5.32 Å². The molecular weight excluding hydrogens is 265 g/mol. The summed E-state index contributed by atoms with van der Waals surface area (Å²) >= 11 is 0. The first-order valence-corrected chi connectivity index (χ1v) is 7.16. The van der Waals surface area contributed by atoms with Gasteiger partial charge in [0.25, 0.3) is 0 Å². The molecule has 2 nitrogen and oxygen atoms in total. The number of nitrogens with zero attached hydrogens (tertiary/aromatic N) is 1. The van der Waals surface area contributed by atoms with Crippen molar-refractivity contribution >= 4 is 5.69 Å². The van der Waals surface area contributed by atoms with Crippen LogP contribution in [0, 0.1) is 0 Å². The average Bonchev–Trinajstić information content (AvgIpc) is 3.03. The van der Waals surface area contributed by atoms with Gasteiger partial charge in [-0.2, -0.15) is 13.2 Å². The van der Waals surface area contributed by atoms with E-state index in [1.54, 1.807) is 0 Å². The monoisotopic (exact) mass is 284 g/mol. The second-order valence-corrected chi connectivity index (χ2v) is 5.76. The highest BCUT2D eigenvalue weighted by Gasteiger charge is 2.62. The summed E-state index contributed by atoms with van der Waals surface area (Å²) in [6.45, 7) is 2.29. The van der Waals surface area contributed by atoms with E-state index in [0.717, 1.165) is 37.2 Å². The molecule has 110 valence electrons. The minimum atomic E-state index is -4.14. The fourth-order valence-electron chi connectivity index (χ4n) is 2.88. The first kappa shape index (κ1) is 13.7. The van der Waals surface area contributed by atoms with E-state index in [1.807, 2.05) is 24.3 Å². The maximum absolute atomic E-state index is 12.9. The standard InChI is InChI=1S/C15H19F3N2/c16-15(17,18)14(7-8-14)19-11-12-5-1-2-6-13(12)20-9-3-4-10-20/h1-2,5-6,19H,3-4,7-11H2. The Labute approximate surface area is 117 Å². The molecule has 2 fully saturated rings. The van der Waals surface area contributed by atoms with Crippen LogP contribution in [-0.4, -0.2) is 24.8 Å². The van der Waals surface area contributed by atoms with E-state index in [2.05, 4.69) is 10.2 Å². The van der Waals surface area contributed by atoms with Gasteiger partial charge in [0.2, 0.25) is 0 Å². The minimum Gasteiger partial charge on any atom is -0.371 e. The van der Waals surface area contributed by atoms with Crippen molar-refractivity contribution < 1.29 is 13.2 Å². The summed E-state index contributed by atoms with van der Waals surface area (Å²) < 4.78 is 38.8. The molecule has 1 aliphatic carbocycles. The lowest BCUT2D eigenvalue weighted by Crippen LogP contribution is -2.44. The van der Waals surface area contributed by atoms with Gasteiger partial charge in [0.15, 0.2) is 0 Å². The molecule has 2 aliphatic rings. The molecule has 0 unspecified atom stereocenters. The second-order valence-electron chi connectivity index (χ2n) is 5.76. The molecule has 1 heterocycles. The zero-order chi connectivity index (χ0) is 14.2. The topological polar surface area (TPSA) is 15.3 Å². The fourth-order valence-corrected chi connectivity index (χ4v) is 2.88. The molecule has 0 radical (unpaired) electrons. The highest BCUT2D eigenvalue weighted by atomic mass is 19.4. The van der Waals surface area contributed by atoms with Crippen LogP contribution in [0.3, 0.4) is 0 Å². The predicted molar refractivity (Wildman–Crippen MR) is 72.7 cm³/mol.